The lowest BCUT2D eigenvalue weighted by Crippen LogP contribution is -2.26. The standard InChI is InChI=1S/C9H13ClN2O/c1-9(2,13-3)6-7-8(10)12-5-4-11-7/h4-5H,6H2,1-3H3. The van der Waals surface area contributed by atoms with Crippen molar-refractivity contribution in [1.29, 1.82) is 0 Å². The van der Waals surface area contributed by atoms with Crippen molar-refractivity contribution in [2.75, 3.05) is 7.11 Å². The van der Waals surface area contributed by atoms with Crippen molar-refractivity contribution in [2.24, 2.45) is 0 Å². The highest BCUT2D eigenvalue weighted by molar-refractivity contribution is 6.29. The molecule has 1 heterocycles. The maximum Gasteiger partial charge on any atom is 0.150 e. The van der Waals surface area contributed by atoms with Crippen molar-refractivity contribution in [2.45, 2.75) is 25.9 Å². The first-order valence-electron chi connectivity index (χ1n) is 4.06. The van der Waals surface area contributed by atoms with Gasteiger partial charge in [-0.3, -0.25) is 4.98 Å². The number of nitrogens with zero attached hydrogens (tertiary/aromatic N) is 2. The second-order valence-electron chi connectivity index (χ2n) is 3.43. The Morgan fingerprint density at radius 3 is 2.54 bits per heavy atom. The molecule has 0 saturated carbocycles. The number of ether oxygens (including phenoxy) is 1. The van der Waals surface area contributed by atoms with Gasteiger partial charge in [-0.25, -0.2) is 4.98 Å². The summed E-state index contributed by atoms with van der Waals surface area (Å²) in [5, 5.41) is 0.452. The fraction of sp³-hybridized carbons (Fsp3) is 0.556. The number of methoxy groups -OCH3 is 1. The second kappa shape index (κ2) is 4.03. The Kier molecular flexibility index (Phi) is 3.22. The molecule has 0 radical (unpaired) electrons. The van der Waals surface area contributed by atoms with E-state index in [4.69, 9.17) is 16.3 Å². The van der Waals surface area contributed by atoms with Crippen LogP contribution in [0.5, 0.6) is 0 Å². The molecule has 0 atom stereocenters. The molecule has 1 aromatic rings. The molecule has 1 rings (SSSR count). The third-order valence-electron chi connectivity index (χ3n) is 1.87. The van der Waals surface area contributed by atoms with Crippen LogP contribution in [0.3, 0.4) is 0 Å². The molecule has 0 saturated heterocycles. The molecule has 13 heavy (non-hydrogen) atoms. The summed E-state index contributed by atoms with van der Waals surface area (Å²) in [5.41, 5.74) is 0.524. The van der Waals surface area contributed by atoms with Gasteiger partial charge in [0.2, 0.25) is 0 Å². The monoisotopic (exact) mass is 200 g/mol. The fourth-order valence-electron chi connectivity index (χ4n) is 0.944. The molecule has 3 nitrogen and oxygen atoms in total. The molecule has 1 aromatic heterocycles. The van der Waals surface area contributed by atoms with Crippen LogP contribution in [0.15, 0.2) is 12.4 Å². The Morgan fingerprint density at radius 1 is 1.38 bits per heavy atom. The average molecular weight is 201 g/mol. The highest BCUT2D eigenvalue weighted by Gasteiger charge is 2.19. The van der Waals surface area contributed by atoms with Gasteiger partial charge in [-0.1, -0.05) is 11.6 Å². The van der Waals surface area contributed by atoms with E-state index in [0.717, 1.165) is 5.69 Å². The van der Waals surface area contributed by atoms with Crippen LogP contribution in [0.2, 0.25) is 5.15 Å². The molecular formula is C9H13ClN2O. The van der Waals surface area contributed by atoms with Crippen LogP contribution in [0, 0.1) is 0 Å². The summed E-state index contributed by atoms with van der Waals surface area (Å²) >= 11 is 5.86. The Bertz CT molecular complexity index is 289. The Hall–Kier alpha value is -0.670. The summed E-state index contributed by atoms with van der Waals surface area (Å²) in [6.07, 6.45) is 3.87. The van der Waals surface area contributed by atoms with Gasteiger partial charge in [0.1, 0.15) is 0 Å². The number of hydrogen-bond donors (Lipinski definition) is 0. The van der Waals surface area contributed by atoms with E-state index in [-0.39, 0.29) is 5.60 Å². The number of rotatable bonds is 3. The molecule has 0 aliphatic rings. The van der Waals surface area contributed by atoms with Gasteiger partial charge in [0.25, 0.3) is 0 Å². The van der Waals surface area contributed by atoms with E-state index in [1.807, 2.05) is 13.8 Å². The molecular weight excluding hydrogens is 188 g/mol. The number of aromatic nitrogens is 2. The van der Waals surface area contributed by atoms with E-state index in [1.54, 1.807) is 19.5 Å². The zero-order chi connectivity index (χ0) is 9.90. The van der Waals surface area contributed by atoms with Gasteiger partial charge in [0.15, 0.2) is 5.15 Å². The molecule has 0 amide bonds. The van der Waals surface area contributed by atoms with Crippen molar-refractivity contribution < 1.29 is 4.74 Å². The molecule has 0 aliphatic carbocycles. The zero-order valence-electron chi connectivity index (χ0n) is 8.04. The van der Waals surface area contributed by atoms with Gasteiger partial charge in [0.05, 0.1) is 11.3 Å². The maximum absolute atomic E-state index is 5.86. The molecule has 0 aliphatic heterocycles. The van der Waals surface area contributed by atoms with Gasteiger partial charge in [-0.15, -0.1) is 0 Å². The number of halogens is 1. The van der Waals surface area contributed by atoms with Crippen molar-refractivity contribution in [1.82, 2.24) is 9.97 Å². The van der Waals surface area contributed by atoms with E-state index < -0.39 is 0 Å². The summed E-state index contributed by atoms with van der Waals surface area (Å²) in [7, 11) is 1.67. The normalized spacial score (nSPS) is 11.7. The van der Waals surface area contributed by atoms with E-state index >= 15 is 0 Å². The largest absolute Gasteiger partial charge is 0.378 e. The smallest absolute Gasteiger partial charge is 0.150 e. The van der Waals surface area contributed by atoms with Gasteiger partial charge >= 0.3 is 0 Å². The van der Waals surface area contributed by atoms with Crippen LogP contribution in [0.1, 0.15) is 19.5 Å². The topological polar surface area (TPSA) is 35.0 Å². The minimum Gasteiger partial charge on any atom is -0.378 e. The second-order valence-corrected chi connectivity index (χ2v) is 3.79. The third-order valence-corrected chi connectivity index (χ3v) is 2.18. The van der Waals surface area contributed by atoms with Crippen LogP contribution in [0.4, 0.5) is 0 Å². The summed E-state index contributed by atoms with van der Waals surface area (Å²) in [4.78, 5) is 8.08. The lowest BCUT2D eigenvalue weighted by atomic mass is 10.0. The predicted octanol–water partition coefficient (Wildman–Crippen LogP) is 2.10. The van der Waals surface area contributed by atoms with Crippen LogP contribution in [0.25, 0.3) is 0 Å². The first-order valence-corrected chi connectivity index (χ1v) is 4.43. The van der Waals surface area contributed by atoms with Gasteiger partial charge in [-0.2, -0.15) is 0 Å². The van der Waals surface area contributed by atoms with E-state index in [9.17, 15) is 0 Å². The Morgan fingerprint density at radius 2 is 2.00 bits per heavy atom. The Labute approximate surface area is 83.1 Å². The van der Waals surface area contributed by atoms with Gasteiger partial charge in [0, 0.05) is 25.9 Å². The highest BCUT2D eigenvalue weighted by atomic mass is 35.5. The maximum atomic E-state index is 5.86. The van der Waals surface area contributed by atoms with Crippen molar-refractivity contribution in [3.63, 3.8) is 0 Å². The van der Waals surface area contributed by atoms with Crippen molar-refractivity contribution >= 4 is 11.6 Å². The van der Waals surface area contributed by atoms with Gasteiger partial charge < -0.3 is 4.74 Å². The van der Waals surface area contributed by atoms with Gasteiger partial charge in [-0.05, 0) is 13.8 Å². The fourth-order valence-corrected chi connectivity index (χ4v) is 1.12. The molecule has 0 fully saturated rings. The summed E-state index contributed by atoms with van der Waals surface area (Å²) in [6.45, 7) is 3.97. The average Bonchev–Trinajstić information content (AvgIpc) is 2.09. The molecule has 0 unspecified atom stereocenters. The summed E-state index contributed by atoms with van der Waals surface area (Å²) < 4.78 is 5.27. The van der Waals surface area contributed by atoms with E-state index in [1.165, 1.54) is 0 Å². The highest BCUT2D eigenvalue weighted by Crippen LogP contribution is 2.18. The van der Waals surface area contributed by atoms with E-state index in [0.29, 0.717) is 11.6 Å². The molecule has 0 N–H and O–H groups in total. The molecule has 0 spiro atoms. The van der Waals surface area contributed by atoms with Crippen LogP contribution < -0.4 is 0 Å². The molecule has 4 heteroatoms. The first-order chi connectivity index (χ1) is 6.05. The lowest BCUT2D eigenvalue weighted by Gasteiger charge is -2.22. The van der Waals surface area contributed by atoms with Crippen LogP contribution in [-0.2, 0) is 11.2 Å². The van der Waals surface area contributed by atoms with E-state index in [2.05, 4.69) is 9.97 Å². The summed E-state index contributed by atoms with van der Waals surface area (Å²) in [5.74, 6) is 0. The third kappa shape index (κ3) is 2.94. The zero-order valence-corrected chi connectivity index (χ0v) is 8.80. The molecule has 72 valence electrons. The Balaban J connectivity index is 2.80. The quantitative estimate of drug-likeness (QED) is 0.750. The molecule has 0 bridgehead atoms. The minimum absolute atomic E-state index is 0.250. The van der Waals surface area contributed by atoms with Crippen molar-refractivity contribution in [3.8, 4) is 0 Å². The summed E-state index contributed by atoms with van der Waals surface area (Å²) in [6, 6.07) is 0. The molecule has 0 aromatic carbocycles. The van der Waals surface area contributed by atoms with Crippen molar-refractivity contribution in [3.05, 3.63) is 23.2 Å². The first kappa shape index (κ1) is 10.4. The van der Waals surface area contributed by atoms with Crippen LogP contribution in [-0.4, -0.2) is 22.7 Å². The number of hydrogen-bond acceptors (Lipinski definition) is 3. The SMILES string of the molecule is COC(C)(C)Cc1nccnc1Cl. The van der Waals surface area contributed by atoms with Crippen LogP contribution >= 0.6 is 11.6 Å². The predicted molar refractivity (Wildman–Crippen MR) is 51.8 cm³/mol. The lowest BCUT2D eigenvalue weighted by molar-refractivity contribution is 0.0224. The minimum atomic E-state index is -0.250.